The zero-order valence-electron chi connectivity index (χ0n) is 11.2. The summed E-state index contributed by atoms with van der Waals surface area (Å²) in [6.45, 7) is 4.32. The Kier molecular flexibility index (Phi) is 4.20. The smallest absolute Gasteiger partial charge is 0.136 e. The minimum Gasteiger partial charge on any atom is -0.299 e. The molecule has 2 atom stereocenters. The van der Waals surface area contributed by atoms with Crippen molar-refractivity contribution in [3.63, 3.8) is 0 Å². The fourth-order valence-corrected chi connectivity index (χ4v) is 3.22. The number of fused-ring (bicyclic) bond motifs is 1. The summed E-state index contributed by atoms with van der Waals surface area (Å²) in [5.74, 6) is 1.57. The fourth-order valence-electron chi connectivity index (χ4n) is 3.22. The van der Waals surface area contributed by atoms with Crippen molar-refractivity contribution in [1.82, 2.24) is 0 Å². The molecule has 0 spiro atoms. The fraction of sp³-hybridized carbons (Fsp3) is 0.688. The van der Waals surface area contributed by atoms with Crippen LogP contribution in [0.4, 0.5) is 0 Å². The lowest BCUT2D eigenvalue weighted by atomic mass is 9.70. The molecule has 0 aromatic heterocycles. The third-order valence-electron chi connectivity index (χ3n) is 4.18. The quantitative estimate of drug-likeness (QED) is 0.657. The van der Waals surface area contributed by atoms with Gasteiger partial charge in [0, 0.05) is 12.3 Å². The Morgan fingerprint density at radius 1 is 1.47 bits per heavy atom. The Bertz CT molecular complexity index is 345. The van der Waals surface area contributed by atoms with Crippen LogP contribution in [0, 0.1) is 11.8 Å². The number of hydrogen-bond donors (Lipinski definition) is 0. The maximum absolute atomic E-state index is 11.8. The number of Topliss-reactive ketones (excluding diaryl/α,β-unsaturated/α-hetero) is 1. The molecule has 0 aromatic carbocycles. The largest absolute Gasteiger partial charge is 0.299 e. The molecule has 0 radical (unpaired) electrons. The number of ketones is 1. The lowest BCUT2D eigenvalue weighted by Gasteiger charge is -2.34. The van der Waals surface area contributed by atoms with E-state index in [1.165, 1.54) is 31.3 Å². The van der Waals surface area contributed by atoms with E-state index in [1.807, 2.05) is 0 Å². The Morgan fingerprint density at radius 3 is 3.06 bits per heavy atom. The highest BCUT2D eigenvalue weighted by atomic mass is 16.1. The first-order valence-electron chi connectivity index (χ1n) is 7.01. The van der Waals surface area contributed by atoms with Crippen molar-refractivity contribution in [1.29, 1.82) is 0 Å². The summed E-state index contributed by atoms with van der Waals surface area (Å²) in [4.78, 5) is 11.8. The molecule has 2 rings (SSSR count). The summed E-state index contributed by atoms with van der Waals surface area (Å²) in [5.41, 5.74) is 3.01. The number of hydrogen-bond acceptors (Lipinski definition) is 1. The highest BCUT2D eigenvalue weighted by molar-refractivity contribution is 5.82. The zero-order chi connectivity index (χ0) is 12.3. The Hall–Kier alpha value is -0.850. The maximum atomic E-state index is 11.8. The first-order chi connectivity index (χ1) is 8.16. The monoisotopic (exact) mass is 232 g/mol. The Morgan fingerprint density at radius 2 is 2.29 bits per heavy atom. The molecule has 0 aliphatic heterocycles. The van der Waals surface area contributed by atoms with Crippen molar-refractivity contribution in [2.45, 2.75) is 58.8 Å². The molecule has 0 saturated heterocycles. The van der Waals surface area contributed by atoms with Gasteiger partial charge in [0.2, 0.25) is 0 Å². The van der Waals surface area contributed by atoms with Crippen LogP contribution in [-0.4, -0.2) is 5.78 Å². The van der Waals surface area contributed by atoms with E-state index in [4.69, 9.17) is 0 Å². The van der Waals surface area contributed by atoms with Crippen LogP contribution < -0.4 is 0 Å². The van der Waals surface area contributed by atoms with Gasteiger partial charge in [0.1, 0.15) is 5.78 Å². The van der Waals surface area contributed by atoms with Crippen molar-refractivity contribution < 1.29 is 4.79 Å². The average molecular weight is 232 g/mol. The highest BCUT2D eigenvalue weighted by Gasteiger charge is 2.33. The van der Waals surface area contributed by atoms with Crippen molar-refractivity contribution in [3.05, 3.63) is 23.3 Å². The number of allylic oxidation sites excluding steroid dienone is 4. The summed E-state index contributed by atoms with van der Waals surface area (Å²) in [6.07, 6.45) is 12.5. The molecule has 0 amide bonds. The van der Waals surface area contributed by atoms with Gasteiger partial charge in [-0.25, -0.2) is 0 Å². The SMILES string of the molecule is CC(C)=CCCC1=CCC2C(=O)CCCC2C1. The van der Waals surface area contributed by atoms with Gasteiger partial charge >= 0.3 is 0 Å². The van der Waals surface area contributed by atoms with E-state index in [0.717, 1.165) is 19.3 Å². The highest BCUT2D eigenvalue weighted by Crippen LogP contribution is 2.39. The van der Waals surface area contributed by atoms with Gasteiger partial charge in [0.25, 0.3) is 0 Å². The second-order valence-corrected chi connectivity index (χ2v) is 5.85. The number of carbonyl (C=O) groups excluding carboxylic acids is 1. The first-order valence-corrected chi connectivity index (χ1v) is 7.01. The molecule has 0 aromatic rings. The van der Waals surface area contributed by atoms with Crippen molar-refractivity contribution in [2.75, 3.05) is 0 Å². The maximum Gasteiger partial charge on any atom is 0.136 e. The molecule has 0 N–H and O–H groups in total. The van der Waals surface area contributed by atoms with Crippen LogP contribution in [0.15, 0.2) is 23.3 Å². The van der Waals surface area contributed by atoms with Gasteiger partial charge in [-0.1, -0.05) is 23.3 Å². The van der Waals surface area contributed by atoms with E-state index in [1.54, 1.807) is 5.57 Å². The van der Waals surface area contributed by atoms with Crippen molar-refractivity contribution in [2.24, 2.45) is 11.8 Å². The molecule has 1 fully saturated rings. The third-order valence-corrected chi connectivity index (χ3v) is 4.18. The zero-order valence-corrected chi connectivity index (χ0v) is 11.2. The second kappa shape index (κ2) is 5.66. The van der Waals surface area contributed by atoms with Crippen LogP contribution in [-0.2, 0) is 4.79 Å². The molecule has 1 heteroatoms. The molecule has 2 aliphatic rings. The summed E-state index contributed by atoms with van der Waals surface area (Å²) in [6, 6.07) is 0. The molecule has 0 heterocycles. The summed E-state index contributed by atoms with van der Waals surface area (Å²) < 4.78 is 0. The molecule has 0 bridgehead atoms. The minimum atomic E-state index is 0.371. The van der Waals surface area contributed by atoms with Gasteiger partial charge in [0.05, 0.1) is 0 Å². The van der Waals surface area contributed by atoms with E-state index in [2.05, 4.69) is 26.0 Å². The molecular weight excluding hydrogens is 208 g/mol. The molecule has 17 heavy (non-hydrogen) atoms. The normalized spacial score (nSPS) is 28.4. The lowest BCUT2D eigenvalue weighted by Crippen LogP contribution is -2.30. The predicted octanol–water partition coefficient (Wildman–Crippen LogP) is 4.44. The van der Waals surface area contributed by atoms with Gasteiger partial charge in [-0.2, -0.15) is 0 Å². The first kappa shape index (κ1) is 12.6. The predicted molar refractivity (Wildman–Crippen MR) is 71.8 cm³/mol. The van der Waals surface area contributed by atoms with E-state index in [0.29, 0.717) is 17.6 Å². The van der Waals surface area contributed by atoms with E-state index in [-0.39, 0.29) is 0 Å². The number of carbonyl (C=O) groups is 1. The number of rotatable bonds is 3. The molecule has 2 aliphatic carbocycles. The van der Waals surface area contributed by atoms with Crippen molar-refractivity contribution in [3.8, 4) is 0 Å². The van der Waals surface area contributed by atoms with Gasteiger partial charge in [-0.05, 0) is 58.3 Å². The minimum absolute atomic E-state index is 0.371. The summed E-state index contributed by atoms with van der Waals surface area (Å²) in [5, 5.41) is 0. The Labute approximate surface area is 105 Å². The van der Waals surface area contributed by atoms with Crippen LogP contribution in [0.3, 0.4) is 0 Å². The molecule has 1 saturated carbocycles. The summed E-state index contributed by atoms with van der Waals surface area (Å²) >= 11 is 0. The molecular formula is C16H24O. The van der Waals surface area contributed by atoms with Gasteiger partial charge in [0.15, 0.2) is 0 Å². The summed E-state index contributed by atoms with van der Waals surface area (Å²) in [7, 11) is 0. The van der Waals surface area contributed by atoms with Crippen molar-refractivity contribution >= 4 is 5.78 Å². The lowest BCUT2D eigenvalue weighted by molar-refractivity contribution is -0.126. The van der Waals surface area contributed by atoms with Crippen LogP contribution >= 0.6 is 0 Å². The van der Waals surface area contributed by atoms with Gasteiger partial charge in [-0.15, -0.1) is 0 Å². The van der Waals surface area contributed by atoms with Crippen LogP contribution in [0.2, 0.25) is 0 Å². The van der Waals surface area contributed by atoms with E-state index in [9.17, 15) is 4.79 Å². The molecule has 2 unspecified atom stereocenters. The van der Waals surface area contributed by atoms with Crippen LogP contribution in [0.5, 0.6) is 0 Å². The second-order valence-electron chi connectivity index (χ2n) is 5.85. The van der Waals surface area contributed by atoms with Crippen LogP contribution in [0.1, 0.15) is 58.8 Å². The van der Waals surface area contributed by atoms with Gasteiger partial charge in [-0.3, -0.25) is 4.79 Å². The Balaban J connectivity index is 1.90. The van der Waals surface area contributed by atoms with E-state index >= 15 is 0 Å². The molecule has 94 valence electrons. The van der Waals surface area contributed by atoms with Gasteiger partial charge < -0.3 is 0 Å². The average Bonchev–Trinajstić information content (AvgIpc) is 2.29. The van der Waals surface area contributed by atoms with Crippen LogP contribution in [0.25, 0.3) is 0 Å². The third kappa shape index (κ3) is 3.31. The standard InChI is InChI=1S/C16H24O/c1-12(2)5-3-6-13-9-10-15-14(11-13)7-4-8-16(15)17/h5,9,14-15H,3-4,6-8,10-11H2,1-2H3. The molecule has 1 nitrogen and oxygen atoms in total. The topological polar surface area (TPSA) is 17.1 Å². The van der Waals surface area contributed by atoms with E-state index < -0.39 is 0 Å².